The van der Waals surface area contributed by atoms with Gasteiger partial charge < -0.3 is 13.8 Å². The Hall–Kier alpha value is -1.68. The van der Waals surface area contributed by atoms with Crippen molar-refractivity contribution in [3.8, 4) is 0 Å². The van der Waals surface area contributed by atoms with Gasteiger partial charge in [0.2, 0.25) is 0 Å². The Kier molecular flexibility index (Phi) is 7.39. The average Bonchev–Trinajstić information content (AvgIpc) is 2.62. The number of ether oxygens (including phenoxy) is 1. The smallest absolute Gasteiger partial charge is 0.345 e. The summed E-state index contributed by atoms with van der Waals surface area (Å²) in [6, 6.07) is 13.9. The van der Waals surface area contributed by atoms with E-state index in [-0.39, 0.29) is 25.7 Å². The highest BCUT2D eigenvalue weighted by atomic mass is 31.2. The monoisotopic (exact) mass is 378 g/mol. The second-order valence-electron chi connectivity index (χ2n) is 5.97. The summed E-state index contributed by atoms with van der Waals surface area (Å²) in [5.74, 6) is -0.944. The molecule has 2 rings (SSSR count). The van der Waals surface area contributed by atoms with Crippen LogP contribution >= 0.6 is 7.60 Å². The van der Waals surface area contributed by atoms with Crippen LogP contribution in [-0.4, -0.2) is 31.4 Å². The highest BCUT2D eigenvalue weighted by molar-refractivity contribution is 7.55. The SMILES string of the molecule is CCOC(=O)[C@@H]([C@@H](C)c1ccc2ccccc2c1)P(=O)(OCC)OCC. The maximum absolute atomic E-state index is 13.4. The highest BCUT2D eigenvalue weighted by Crippen LogP contribution is 2.57. The quantitative estimate of drug-likeness (QED) is 0.446. The maximum atomic E-state index is 13.4. The maximum Gasteiger partial charge on any atom is 0.345 e. The van der Waals surface area contributed by atoms with Crippen molar-refractivity contribution >= 4 is 24.3 Å². The molecule has 0 bridgehead atoms. The second-order valence-corrected chi connectivity index (χ2v) is 8.12. The summed E-state index contributed by atoms with van der Waals surface area (Å²) < 4.78 is 29.5. The standard InChI is InChI=1S/C20H27O5P/c1-5-23-20(21)19(26(22,24-6-2)25-7-3)15(4)17-13-12-16-10-8-9-11-18(16)14-17/h8-15,19H,5-7H2,1-4H3/t15-,19+/m0/s1. The molecule has 5 nitrogen and oxygen atoms in total. The molecule has 2 aromatic carbocycles. The van der Waals surface area contributed by atoms with Crippen LogP contribution in [0.2, 0.25) is 0 Å². The summed E-state index contributed by atoms with van der Waals surface area (Å²) in [5.41, 5.74) is -0.120. The Morgan fingerprint density at radius 2 is 1.58 bits per heavy atom. The van der Waals surface area contributed by atoms with Crippen LogP contribution in [0, 0.1) is 0 Å². The van der Waals surface area contributed by atoms with Crippen molar-refractivity contribution in [3.05, 3.63) is 48.0 Å². The molecule has 0 saturated carbocycles. The van der Waals surface area contributed by atoms with Gasteiger partial charge in [-0.05, 0) is 37.1 Å². The predicted molar refractivity (Wildman–Crippen MR) is 104 cm³/mol. The van der Waals surface area contributed by atoms with Gasteiger partial charge in [0.25, 0.3) is 0 Å². The number of carbonyl (C=O) groups is 1. The lowest BCUT2D eigenvalue weighted by molar-refractivity contribution is -0.143. The molecule has 0 aromatic heterocycles. The largest absolute Gasteiger partial charge is 0.465 e. The van der Waals surface area contributed by atoms with Gasteiger partial charge in [0.05, 0.1) is 19.8 Å². The first-order valence-electron chi connectivity index (χ1n) is 9.00. The first-order chi connectivity index (χ1) is 12.5. The number of fused-ring (bicyclic) bond motifs is 1. The van der Waals surface area contributed by atoms with Gasteiger partial charge in [-0.3, -0.25) is 9.36 Å². The molecule has 0 amide bonds. The van der Waals surface area contributed by atoms with Crippen LogP contribution in [-0.2, 0) is 23.1 Å². The van der Waals surface area contributed by atoms with E-state index in [1.165, 1.54) is 0 Å². The van der Waals surface area contributed by atoms with Crippen LogP contribution < -0.4 is 0 Å². The lowest BCUT2D eigenvalue weighted by Gasteiger charge is -2.29. The minimum atomic E-state index is -3.67. The Bertz CT molecular complexity index is 779. The molecule has 0 aliphatic rings. The minimum Gasteiger partial charge on any atom is -0.465 e. The molecule has 2 aromatic rings. The summed E-state index contributed by atoms with van der Waals surface area (Å²) >= 11 is 0. The van der Waals surface area contributed by atoms with Gasteiger partial charge in [-0.2, -0.15) is 0 Å². The molecule has 6 heteroatoms. The van der Waals surface area contributed by atoms with E-state index in [1.807, 2.05) is 49.4 Å². The van der Waals surface area contributed by atoms with Gasteiger partial charge in [0.15, 0.2) is 5.66 Å². The van der Waals surface area contributed by atoms with Gasteiger partial charge in [-0.1, -0.05) is 49.4 Å². The van der Waals surface area contributed by atoms with Crippen molar-refractivity contribution in [2.45, 2.75) is 39.3 Å². The third-order valence-corrected chi connectivity index (χ3v) is 6.84. The highest BCUT2D eigenvalue weighted by Gasteiger charge is 2.46. The van der Waals surface area contributed by atoms with Crippen LogP contribution in [0.1, 0.15) is 39.2 Å². The summed E-state index contributed by atoms with van der Waals surface area (Å²) in [4.78, 5) is 12.7. The molecular weight excluding hydrogens is 351 g/mol. The van der Waals surface area contributed by atoms with Crippen LogP contribution in [0.4, 0.5) is 0 Å². The first kappa shape index (κ1) is 20.6. The number of hydrogen-bond acceptors (Lipinski definition) is 5. The van der Waals surface area contributed by atoms with Gasteiger partial charge >= 0.3 is 13.6 Å². The molecule has 0 unspecified atom stereocenters. The average molecular weight is 378 g/mol. The van der Waals surface area contributed by atoms with E-state index in [0.29, 0.717) is 0 Å². The predicted octanol–water partition coefficient (Wildman–Crippen LogP) is 5.14. The van der Waals surface area contributed by atoms with E-state index in [9.17, 15) is 9.36 Å². The van der Waals surface area contributed by atoms with Crippen LogP contribution in [0.3, 0.4) is 0 Å². The number of carbonyl (C=O) groups excluding carboxylic acids is 1. The van der Waals surface area contributed by atoms with Crippen LogP contribution in [0.25, 0.3) is 10.8 Å². The fourth-order valence-electron chi connectivity index (χ4n) is 3.07. The minimum absolute atomic E-state index is 0.192. The summed E-state index contributed by atoms with van der Waals surface area (Å²) in [6.07, 6.45) is 0. The number of esters is 1. The van der Waals surface area contributed by atoms with Gasteiger partial charge in [0.1, 0.15) is 0 Å². The molecule has 0 aliphatic heterocycles. The molecule has 0 aliphatic carbocycles. The van der Waals surface area contributed by atoms with Crippen molar-refractivity contribution in [1.29, 1.82) is 0 Å². The fourth-order valence-corrected chi connectivity index (χ4v) is 5.23. The number of benzene rings is 2. The van der Waals surface area contributed by atoms with Crippen molar-refractivity contribution in [2.24, 2.45) is 0 Å². The van der Waals surface area contributed by atoms with Crippen molar-refractivity contribution < 1.29 is 23.1 Å². The molecule has 0 fully saturated rings. The van der Waals surface area contributed by atoms with E-state index in [0.717, 1.165) is 16.3 Å². The summed E-state index contributed by atoms with van der Waals surface area (Å²) in [6.45, 7) is 7.63. The second kappa shape index (κ2) is 9.31. The number of rotatable bonds is 9. The van der Waals surface area contributed by atoms with E-state index in [1.54, 1.807) is 20.8 Å². The molecule has 0 saturated heterocycles. The Morgan fingerprint density at radius 1 is 0.962 bits per heavy atom. The topological polar surface area (TPSA) is 61.8 Å². The normalized spacial score (nSPS) is 14.2. The van der Waals surface area contributed by atoms with E-state index in [2.05, 4.69) is 0 Å². The van der Waals surface area contributed by atoms with Crippen LogP contribution in [0.5, 0.6) is 0 Å². The van der Waals surface area contributed by atoms with E-state index < -0.39 is 19.2 Å². The fraction of sp³-hybridized carbons (Fsp3) is 0.450. The van der Waals surface area contributed by atoms with Crippen molar-refractivity contribution in [1.82, 2.24) is 0 Å². The Balaban J connectivity index is 2.47. The Labute approximate surface area is 155 Å². The lowest BCUT2D eigenvalue weighted by Crippen LogP contribution is -2.31. The van der Waals surface area contributed by atoms with Crippen molar-refractivity contribution in [3.63, 3.8) is 0 Å². The molecular formula is C20H27O5P. The lowest BCUT2D eigenvalue weighted by atomic mass is 9.95. The third-order valence-electron chi connectivity index (χ3n) is 4.26. The third kappa shape index (κ3) is 4.53. The summed E-state index contributed by atoms with van der Waals surface area (Å²) in [5, 5.41) is 2.16. The molecule has 0 heterocycles. The zero-order valence-electron chi connectivity index (χ0n) is 15.8. The first-order valence-corrected chi connectivity index (χ1v) is 10.6. The van der Waals surface area contributed by atoms with E-state index >= 15 is 0 Å². The molecule has 142 valence electrons. The van der Waals surface area contributed by atoms with Gasteiger partial charge in [0, 0.05) is 5.92 Å². The molecule has 0 radical (unpaired) electrons. The summed E-state index contributed by atoms with van der Waals surface area (Å²) in [7, 11) is -3.67. The number of hydrogen-bond donors (Lipinski definition) is 0. The zero-order chi connectivity index (χ0) is 19.2. The molecule has 0 N–H and O–H groups in total. The zero-order valence-corrected chi connectivity index (χ0v) is 16.7. The van der Waals surface area contributed by atoms with Crippen LogP contribution in [0.15, 0.2) is 42.5 Å². The van der Waals surface area contributed by atoms with Crippen molar-refractivity contribution in [2.75, 3.05) is 19.8 Å². The molecule has 0 spiro atoms. The van der Waals surface area contributed by atoms with Gasteiger partial charge in [-0.25, -0.2) is 0 Å². The van der Waals surface area contributed by atoms with Gasteiger partial charge in [-0.15, -0.1) is 0 Å². The molecule has 2 atom stereocenters. The molecule has 26 heavy (non-hydrogen) atoms. The Morgan fingerprint density at radius 3 is 2.15 bits per heavy atom. The van der Waals surface area contributed by atoms with E-state index in [4.69, 9.17) is 13.8 Å².